The molecule has 1 unspecified atom stereocenters. The molecule has 0 aliphatic carbocycles. The van der Waals surface area contributed by atoms with Gasteiger partial charge in [-0.1, -0.05) is 30.3 Å². The topological polar surface area (TPSA) is 72.1 Å². The van der Waals surface area contributed by atoms with E-state index in [-0.39, 0.29) is 11.8 Å². The Kier molecular flexibility index (Phi) is 4.24. The lowest BCUT2D eigenvalue weighted by molar-refractivity contribution is 0.0789. The number of aromatic nitrogens is 3. The highest BCUT2D eigenvalue weighted by molar-refractivity contribution is 5.94. The van der Waals surface area contributed by atoms with E-state index in [0.717, 1.165) is 12.0 Å². The zero-order chi connectivity index (χ0) is 17.1. The number of benzene rings is 1. The lowest BCUT2D eigenvalue weighted by atomic mass is 10.1. The fourth-order valence-electron chi connectivity index (χ4n) is 3.10. The van der Waals surface area contributed by atoms with Crippen LogP contribution in [0.4, 0.5) is 0 Å². The molecule has 0 radical (unpaired) electrons. The molecule has 0 spiro atoms. The molecule has 6 heteroatoms. The predicted molar refractivity (Wildman–Crippen MR) is 91.0 cm³/mol. The molecule has 1 aromatic carbocycles. The number of carbonyl (C=O) groups excluding carboxylic acids is 1. The summed E-state index contributed by atoms with van der Waals surface area (Å²) < 4.78 is 5.84. The van der Waals surface area contributed by atoms with Crippen molar-refractivity contribution in [3.05, 3.63) is 77.8 Å². The first-order chi connectivity index (χ1) is 12.3. The summed E-state index contributed by atoms with van der Waals surface area (Å²) in [4.78, 5) is 18.3. The number of carbonyl (C=O) groups is 1. The summed E-state index contributed by atoms with van der Waals surface area (Å²) in [5.41, 5.74) is 1.80. The maximum atomic E-state index is 12.5. The van der Waals surface area contributed by atoms with Gasteiger partial charge in [0.2, 0.25) is 11.8 Å². The summed E-state index contributed by atoms with van der Waals surface area (Å²) in [5, 5.41) is 8.35. The van der Waals surface area contributed by atoms with Crippen LogP contribution >= 0.6 is 0 Å². The fraction of sp³-hybridized carbons (Fsp3) is 0.263. The fourth-order valence-corrected chi connectivity index (χ4v) is 3.10. The maximum Gasteiger partial charge on any atom is 0.253 e. The van der Waals surface area contributed by atoms with Crippen LogP contribution in [0.2, 0.25) is 0 Å². The quantitative estimate of drug-likeness (QED) is 0.733. The minimum Gasteiger partial charge on any atom is -0.425 e. The van der Waals surface area contributed by atoms with Gasteiger partial charge in [0.05, 0.1) is 12.3 Å². The van der Waals surface area contributed by atoms with Crippen molar-refractivity contribution in [3.63, 3.8) is 0 Å². The monoisotopic (exact) mass is 334 g/mol. The average molecular weight is 334 g/mol. The standard InChI is InChI=1S/C19H18N4O2/c24-19(15-6-9-20-10-7-15)23-11-8-16(13-23)18-22-21-17(25-18)12-14-4-2-1-3-5-14/h1-7,9-10,16H,8,11-13H2. The van der Waals surface area contributed by atoms with Gasteiger partial charge in [-0.15, -0.1) is 10.2 Å². The van der Waals surface area contributed by atoms with Crippen molar-refractivity contribution in [2.24, 2.45) is 0 Å². The number of likely N-dealkylation sites (tertiary alicyclic amines) is 1. The van der Waals surface area contributed by atoms with E-state index in [9.17, 15) is 4.79 Å². The second-order valence-electron chi connectivity index (χ2n) is 6.17. The van der Waals surface area contributed by atoms with E-state index in [0.29, 0.717) is 36.9 Å². The van der Waals surface area contributed by atoms with Crippen molar-refractivity contribution in [1.29, 1.82) is 0 Å². The summed E-state index contributed by atoms with van der Waals surface area (Å²) in [6, 6.07) is 13.5. The highest BCUT2D eigenvalue weighted by Gasteiger charge is 2.31. The summed E-state index contributed by atoms with van der Waals surface area (Å²) in [7, 11) is 0. The van der Waals surface area contributed by atoms with Gasteiger partial charge in [0, 0.05) is 31.0 Å². The second-order valence-corrected chi connectivity index (χ2v) is 6.17. The van der Waals surface area contributed by atoms with Gasteiger partial charge in [0.25, 0.3) is 5.91 Å². The molecule has 0 saturated carbocycles. The zero-order valence-electron chi connectivity index (χ0n) is 13.7. The van der Waals surface area contributed by atoms with E-state index in [1.54, 1.807) is 24.5 Å². The molecule has 126 valence electrons. The Balaban J connectivity index is 1.41. The third kappa shape index (κ3) is 3.42. The van der Waals surface area contributed by atoms with E-state index >= 15 is 0 Å². The lowest BCUT2D eigenvalue weighted by Crippen LogP contribution is -2.28. The van der Waals surface area contributed by atoms with Gasteiger partial charge >= 0.3 is 0 Å². The van der Waals surface area contributed by atoms with Gasteiger partial charge in [-0.05, 0) is 24.1 Å². The summed E-state index contributed by atoms with van der Waals surface area (Å²) in [5.74, 6) is 1.35. The molecule has 1 aliphatic heterocycles. The third-order valence-electron chi connectivity index (χ3n) is 4.43. The number of hydrogen-bond donors (Lipinski definition) is 0. The Morgan fingerprint density at radius 1 is 1.12 bits per heavy atom. The van der Waals surface area contributed by atoms with Crippen molar-refractivity contribution in [3.8, 4) is 0 Å². The Labute approximate surface area is 145 Å². The van der Waals surface area contributed by atoms with E-state index in [1.807, 2.05) is 35.2 Å². The van der Waals surface area contributed by atoms with Crippen LogP contribution in [0.25, 0.3) is 0 Å². The van der Waals surface area contributed by atoms with Gasteiger partial charge in [-0.25, -0.2) is 0 Å². The van der Waals surface area contributed by atoms with Gasteiger partial charge in [-0.3, -0.25) is 9.78 Å². The number of rotatable bonds is 4. The van der Waals surface area contributed by atoms with Crippen molar-refractivity contribution in [1.82, 2.24) is 20.1 Å². The third-order valence-corrected chi connectivity index (χ3v) is 4.43. The summed E-state index contributed by atoms with van der Waals surface area (Å²) >= 11 is 0. The first-order valence-electron chi connectivity index (χ1n) is 8.35. The van der Waals surface area contributed by atoms with Crippen LogP contribution in [0.1, 0.15) is 40.0 Å². The molecule has 0 bridgehead atoms. The van der Waals surface area contributed by atoms with Crippen LogP contribution < -0.4 is 0 Å². The molecule has 1 fully saturated rings. The SMILES string of the molecule is O=C(c1ccncc1)N1CCC(c2nnc(Cc3ccccc3)o2)C1. The van der Waals surface area contributed by atoms with Crippen LogP contribution in [-0.2, 0) is 6.42 Å². The van der Waals surface area contributed by atoms with Gasteiger partial charge in [0.1, 0.15) is 0 Å². The molecule has 1 atom stereocenters. The second kappa shape index (κ2) is 6.84. The molecule has 0 N–H and O–H groups in total. The first-order valence-corrected chi connectivity index (χ1v) is 8.35. The number of pyridine rings is 1. The average Bonchev–Trinajstić information content (AvgIpc) is 3.32. The van der Waals surface area contributed by atoms with Crippen molar-refractivity contribution < 1.29 is 9.21 Å². The number of hydrogen-bond acceptors (Lipinski definition) is 5. The Morgan fingerprint density at radius 2 is 1.92 bits per heavy atom. The number of nitrogens with zero attached hydrogens (tertiary/aromatic N) is 4. The molecule has 2 aromatic heterocycles. The molecule has 3 aromatic rings. The van der Waals surface area contributed by atoms with Crippen LogP contribution in [-0.4, -0.2) is 39.1 Å². The van der Waals surface area contributed by atoms with E-state index in [4.69, 9.17) is 4.42 Å². The molecule has 25 heavy (non-hydrogen) atoms. The van der Waals surface area contributed by atoms with Gasteiger partial charge in [-0.2, -0.15) is 0 Å². The normalized spacial score (nSPS) is 17.0. The van der Waals surface area contributed by atoms with Crippen LogP contribution in [0.5, 0.6) is 0 Å². The minimum atomic E-state index is 0.0222. The molecule has 1 saturated heterocycles. The molecule has 1 aliphatic rings. The summed E-state index contributed by atoms with van der Waals surface area (Å²) in [6.45, 7) is 1.30. The Hall–Kier alpha value is -3.02. The van der Waals surface area contributed by atoms with Crippen molar-refractivity contribution in [2.45, 2.75) is 18.8 Å². The predicted octanol–water partition coefficient (Wildman–Crippen LogP) is 2.69. The first kappa shape index (κ1) is 15.5. The largest absolute Gasteiger partial charge is 0.425 e. The van der Waals surface area contributed by atoms with Gasteiger partial charge in [0.15, 0.2) is 0 Å². The maximum absolute atomic E-state index is 12.5. The summed E-state index contributed by atoms with van der Waals surface area (Å²) in [6.07, 6.45) is 4.73. The Bertz CT molecular complexity index is 848. The minimum absolute atomic E-state index is 0.0222. The van der Waals surface area contributed by atoms with Gasteiger partial charge < -0.3 is 9.32 Å². The molecule has 6 nitrogen and oxygen atoms in total. The molecule has 3 heterocycles. The van der Waals surface area contributed by atoms with Crippen LogP contribution in [0.15, 0.2) is 59.3 Å². The molecule has 1 amide bonds. The number of amides is 1. The molecule has 4 rings (SSSR count). The zero-order valence-corrected chi connectivity index (χ0v) is 13.7. The van der Waals surface area contributed by atoms with E-state index in [1.165, 1.54) is 0 Å². The Morgan fingerprint density at radius 3 is 2.72 bits per heavy atom. The lowest BCUT2D eigenvalue weighted by Gasteiger charge is -2.15. The van der Waals surface area contributed by atoms with Crippen molar-refractivity contribution in [2.75, 3.05) is 13.1 Å². The van der Waals surface area contributed by atoms with Crippen molar-refractivity contribution >= 4 is 5.91 Å². The highest BCUT2D eigenvalue weighted by Crippen LogP contribution is 2.27. The highest BCUT2D eigenvalue weighted by atomic mass is 16.4. The molecular weight excluding hydrogens is 316 g/mol. The van der Waals surface area contributed by atoms with Crippen LogP contribution in [0, 0.1) is 0 Å². The molecular formula is C19H18N4O2. The van der Waals surface area contributed by atoms with Crippen LogP contribution in [0.3, 0.4) is 0 Å². The van der Waals surface area contributed by atoms with E-state index < -0.39 is 0 Å². The smallest absolute Gasteiger partial charge is 0.253 e. The van der Waals surface area contributed by atoms with E-state index in [2.05, 4.69) is 15.2 Å².